The van der Waals surface area contributed by atoms with E-state index in [0.717, 1.165) is 0 Å². The summed E-state index contributed by atoms with van der Waals surface area (Å²) in [5, 5.41) is 15.6. The van der Waals surface area contributed by atoms with Crippen LogP contribution < -0.4 is 10.9 Å². The van der Waals surface area contributed by atoms with Gasteiger partial charge in [-0.25, -0.2) is 9.67 Å². The lowest BCUT2D eigenvalue weighted by molar-refractivity contribution is -0.384. The molecule has 0 saturated carbocycles. The average molecular weight is 468 g/mol. The highest BCUT2D eigenvalue weighted by Gasteiger charge is 2.17. The van der Waals surface area contributed by atoms with E-state index in [1.165, 1.54) is 47.5 Å². The van der Waals surface area contributed by atoms with E-state index >= 15 is 0 Å². The van der Waals surface area contributed by atoms with Crippen molar-refractivity contribution >= 4 is 28.4 Å². The van der Waals surface area contributed by atoms with Crippen LogP contribution in [-0.2, 0) is 0 Å². The predicted molar refractivity (Wildman–Crippen MR) is 125 cm³/mol. The molecule has 11 nitrogen and oxygen atoms in total. The Morgan fingerprint density at radius 2 is 1.71 bits per heavy atom. The van der Waals surface area contributed by atoms with Gasteiger partial charge < -0.3 is 4.42 Å². The van der Waals surface area contributed by atoms with Crippen molar-refractivity contribution in [2.24, 2.45) is 0 Å². The number of pyridine rings is 1. The Balaban J connectivity index is 1.33. The van der Waals surface area contributed by atoms with E-state index < -0.39 is 16.7 Å². The number of hydrogen-bond acceptors (Lipinski definition) is 7. The first-order valence-corrected chi connectivity index (χ1v) is 10.3. The summed E-state index contributed by atoms with van der Waals surface area (Å²) in [6.45, 7) is 0. The average Bonchev–Trinajstić information content (AvgIpc) is 3.59. The van der Waals surface area contributed by atoms with E-state index in [4.69, 9.17) is 4.42 Å². The maximum Gasteiger partial charge on any atom is 0.290 e. The maximum atomic E-state index is 13.0. The van der Waals surface area contributed by atoms with Crippen LogP contribution in [0.15, 0.2) is 89.7 Å². The molecule has 5 rings (SSSR count). The van der Waals surface area contributed by atoms with E-state index in [1.54, 1.807) is 36.4 Å². The molecule has 0 bridgehead atoms. The number of rotatable bonds is 5. The van der Waals surface area contributed by atoms with E-state index in [0.29, 0.717) is 33.6 Å². The minimum absolute atomic E-state index is 0.0412. The normalized spacial score (nSPS) is 10.7. The topological polar surface area (TPSA) is 145 Å². The van der Waals surface area contributed by atoms with Gasteiger partial charge in [0.25, 0.3) is 17.5 Å². The van der Waals surface area contributed by atoms with Crippen LogP contribution in [0.3, 0.4) is 0 Å². The summed E-state index contributed by atoms with van der Waals surface area (Å²) in [7, 11) is 0. The second kappa shape index (κ2) is 8.90. The number of para-hydroxylation sites is 1. The number of benzene rings is 2. The third-order valence-electron chi connectivity index (χ3n) is 5.17. The fourth-order valence-electron chi connectivity index (χ4n) is 3.47. The van der Waals surface area contributed by atoms with E-state index in [2.05, 4.69) is 20.9 Å². The molecule has 11 heteroatoms. The molecule has 2 amide bonds. The summed E-state index contributed by atoms with van der Waals surface area (Å²) < 4.78 is 6.80. The molecule has 2 N–H and O–H groups in total. The zero-order valence-corrected chi connectivity index (χ0v) is 17.9. The minimum atomic E-state index is -0.636. The smallest absolute Gasteiger partial charge is 0.290 e. The number of hydrogen-bond donors (Lipinski definition) is 2. The van der Waals surface area contributed by atoms with Gasteiger partial charge in [0.1, 0.15) is 5.69 Å². The first kappa shape index (κ1) is 21.5. The molecule has 2 aromatic carbocycles. The highest BCUT2D eigenvalue weighted by atomic mass is 16.6. The fraction of sp³-hybridized carbons (Fsp3) is 0. The molecule has 0 saturated heterocycles. The number of furan rings is 1. The molecular formula is C24H16N6O5. The van der Waals surface area contributed by atoms with Crippen molar-refractivity contribution in [3.8, 4) is 17.1 Å². The lowest BCUT2D eigenvalue weighted by atomic mass is 10.1. The molecule has 0 radical (unpaired) electrons. The number of amides is 2. The number of nitrogens with zero attached hydrogens (tertiary/aromatic N) is 4. The van der Waals surface area contributed by atoms with Gasteiger partial charge in [-0.3, -0.25) is 30.6 Å². The number of carbonyl (C=O) groups is 2. The Kier molecular flexibility index (Phi) is 5.47. The molecule has 0 fully saturated rings. The van der Waals surface area contributed by atoms with Crippen LogP contribution in [-0.4, -0.2) is 31.5 Å². The Labute approximate surface area is 197 Å². The van der Waals surface area contributed by atoms with Gasteiger partial charge in [0, 0.05) is 23.7 Å². The largest absolute Gasteiger partial charge is 0.463 e. The van der Waals surface area contributed by atoms with Crippen molar-refractivity contribution in [2.45, 2.75) is 0 Å². The third-order valence-corrected chi connectivity index (χ3v) is 5.17. The molecule has 0 atom stereocenters. The molecule has 3 heterocycles. The number of nitrogens with one attached hydrogen (secondary N) is 2. The highest BCUT2D eigenvalue weighted by Crippen LogP contribution is 2.25. The van der Waals surface area contributed by atoms with Crippen molar-refractivity contribution in [3.63, 3.8) is 0 Å². The third kappa shape index (κ3) is 4.33. The molecule has 172 valence electrons. The summed E-state index contributed by atoms with van der Waals surface area (Å²) in [6.07, 6.45) is 3.05. The van der Waals surface area contributed by atoms with Crippen molar-refractivity contribution < 1.29 is 18.9 Å². The predicted octanol–water partition coefficient (Wildman–Crippen LogP) is 3.66. The number of nitro benzene ring substituents is 1. The molecule has 0 aliphatic rings. The van der Waals surface area contributed by atoms with E-state index in [-0.39, 0.29) is 11.4 Å². The lowest BCUT2D eigenvalue weighted by Gasteiger charge is -2.10. The molecule has 0 unspecified atom stereocenters. The second-order valence-electron chi connectivity index (χ2n) is 7.38. The zero-order chi connectivity index (χ0) is 24.4. The van der Waals surface area contributed by atoms with Crippen molar-refractivity contribution in [1.82, 2.24) is 25.6 Å². The SMILES string of the molecule is O=C(NNC(=O)c1cc(-c2ccco2)nc2ccccc12)c1ccn(-c2ccc([N+](=O)[O-])cc2)n1. The Morgan fingerprint density at radius 3 is 2.46 bits per heavy atom. The monoisotopic (exact) mass is 468 g/mol. The quantitative estimate of drug-likeness (QED) is 0.296. The van der Waals surface area contributed by atoms with Crippen molar-refractivity contribution in [1.29, 1.82) is 0 Å². The Morgan fingerprint density at radius 1 is 0.943 bits per heavy atom. The number of hydrazine groups is 1. The number of carbonyl (C=O) groups excluding carboxylic acids is 2. The van der Waals surface area contributed by atoms with Gasteiger partial charge in [-0.15, -0.1) is 0 Å². The maximum absolute atomic E-state index is 13.0. The highest BCUT2D eigenvalue weighted by molar-refractivity contribution is 6.08. The van der Waals surface area contributed by atoms with Crippen molar-refractivity contribution in [2.75, 3.05) is 0 Å². The van der Waals surface area contributed by atoms with Crippen LogP contribution in [0.5, 0.6) is 0 Å². The van der Waals surface area contributed by atoms with Crippen LogP contribution in [0.1, 0.15) is 20.8 Å². The van der Waals surface area contributed by atoms with Gasteiger partial charge in [-0.05, 0) is 42.5 Å². The minimum Gasteiger partial charge on any atom is -0.463 e. The summed E-state index contributed by atoms with van der Waals surface area (Å²) in [5.74, 6) is -0.672. The first-order valence-electron chi connectivity index (χ1n) is 10.3. The Bertz CT molecular complexity index is 1560. The van der Waals surface area contributed by atoms with E-state index in [1.807, 2.05) is 6.07 Å². The fourth-order valence-corrected chi connectivity index (χ4v) is 3.47. The van der Waals surface area contributed by atoms with Gasteiger partial charge in [0.15, 0.2) is 11.5 Å². The Hall–Kier alpha value is -5.32. The number of non-ortho nitro benzene ring substituents is 1. The lowest BCUT2D eigenvalue weighted by Crippen LogP contribution is -2.42. The summed E-state index contributed by atoms with van der Waals surface area (Å²) in [5.41, 5.74) is 6.67. The van der Waals surface area contributed by atoms with Crippen molar-refractivity contribution in [3.05, 3.63) is 107 Å². The summed E-state index contributed by atoms with van der Waals surface area (Å²) in [4.78, 5) is 40.4. The molecule has 35 heavy (non-hydrogen) atoms. The van der Waals surface area contributed by atoms with Gasteiger partial charge in [0.2, 0.25) is 0 Å². The van der Waals surface area contributed by atoms with Crippen LogP contribution in [0.25, 0.3) is 28.0 Å². The van der Waals surface area contributed by atoms with Gasteiger partial charge in [0.05, 0.1) is 28.0 Å². The van der Waals surface area contributed by atoms with Crippen LogP contribution >= 0.6 is 0 Å². The first-order chi connectivity index (χ1) is 17.0. The van der Waals surface area contributed by atoms with Crippen LogP contribution in [0.4, 0.5) is 5.69 Å². The standard InChI is InChI=1S/C24H16N6O5/c31-23(18-14-21(22-6-3-13-35-22)25-19-5-2-1-4-17(18)19)26-27-24(32)20-11-12-29(28-20)15-7-9-16(10-8-15)30(33)34/h1-14H,(H,26,31)(H,27,32). The number of nitro groups is 1. The van der Waals surface area contributed by atoms with Gasteiger partial charge in [-0.2, -0.15) is 5.10 Å². The van der Waals surface area contributed by atoms with Crippen LogP contribution in [0.2, 0.25) is 0 Å². The van der Waals surface area contributed by atoms with Crippen LogP contribution in [0, 0.1) is 10.1 Å². The second-order valence-corrected chi connectivity index (χ2v) is 7.38. The molecule has 5 aromatic rings. The van der Waals surface area contributed by atoms with E-state index in [9.17, 15) is 19.7 Å². The number of fused-ring (bicyclic) bond motifs is 1. The summed E-state index contributed by atoms with van der Waals surface area (Å²) in [6, 6.07) is 19.4. The molecule has 0 aliphatic carbocycles. The molecular weight excluding hydrogens is 452 g/mol. The van der Waals surface area contributed by atoms with Gasteiger partial charge in [-0.1, -0.05) is 18.2 Å². The molecule has 0 spiro atoms. The molecule has 3 aromatic heterocycles. The summed E-state index contributed by atoms with van der Waals surface area (Å²) >= 11 is 0. The zero-order valence-electron chi connectivity index (χ0n) is 17.9. The van der Waals surface area contributed by atoms with Gasteiger partial charge >= 0.3 is 0 Å². The number of aromatic nitrogens is 3. The molecule has 0 aliphatic heterocycles.